The summed E-state index contributed by atoms with van der Waals surface area (Å²) in [6.45, 7) is 6.71. The molecule has 1 fully saturated rings. The summed E-state index contributed by atoms with van der Waals surface area (Å²) in [4.78, 5) is 16.1. The second-order valence-electron chi connectivity index (χ2n) is 5.45. The van der Waals surface area contributed by atoms with Gasteiger partial charge in [-0.3, -0.25) is 9.69 Å². The maximum absolute atomic E-state index is 11.8. The third-order valence-electron chi connectivity index (χ3n) is 3.61. The Labute approximate surface area is 126 Å². The average molecular weight is 292 g/mol. The number of methoxy groups -OCH3 is 1. The number of amides is 1. The molecule has 1 aromatic heterocycles. The Kier molecular flexibility index (Phi) is 6.02. The van der Waals surface area contributed by atoms with Gasteiger partial charge in [0.2, 0.25) is 5.91 Å². The average Bonchev–Trinajstić information content (AvgIpc) is 2.83. The first-order valence-corrected chi connectivity index (χ1v) is 7.39. The van der Waals surface area contributed by atoms with E-state index in [1.165, 1.54) is 5.57 Å². The molecular formula is C16H24N2O3. The topological polar surface area (TPSA) is 45.9 Å². The minimum absolute atomic E-state index is 0.0854. The largest absolute Gasteiger partial charge is 0.465 e. The third kappa shape index (κ3) is 5.02. The Bertz CT molecular complexity index is 468. The van der Waals surface area contributed by atoms with Crippen molar-refractivity contribution in [2.45, 2.75) is 13.3 Å². The molecule has 21 heavy (non-hydrogen) atoms. The van der Waals surface area contributed by atoms with E-state index in [-0.39, 0.29) is 12.5 Å². The van der Waals surface area contributed by atoms with E-state index in [1.807, 2.05) is 17.0 Å². The first kappa shape index (κ1) is 15.8. The summed E-state index contributed by atoms with van der Waals surface area (Å²) < 4.78 is 10.3. The predicted molar refractivity (Wildman–Crippen MR) is 81.9 cm³/mol. The highest BCUT2D eigenvalue weighted by atomic mass is 16.5. The number of nitrogens with zero attached hydrogens (tertiary/aromatic N) is 2. The van der Waals surface area contributed by atoms with Gasteiger partial charge in [-0.2, -0.15) is 0 Å². The minimum atomic E-state index is 0.0854. The number of carbonyl (C=O) groups excluding carboxylic acids is 1. The zero-order valence-electron chi connectivity index (χ0n) is 12.9. The van der Waals surface area contributed by atoms with Gasteiger partial charge in [0.05, 0.1) is 6.26 Å². The van der Waals surface area contributed by atoms with E-state index in [2.05, 4.69) is 17.9 Å². The second-order valence-corrected chi connectivity index (χ2v) is 5.45. The Morgan fingerprint density at radius 3 is 2.95 bits per heavy atom. The third-order valence-corrected chi connectivity index (χ3v) is 3.61. The van der Waals surface area contributed by atoms with Gasteiger partial charge >= 0.3 is 0 Å². The highest BCUT2D eigenvalue weighted by Gasteiger charge is 2.18. The highest BCUT2D eigenvalue weighted by Crippen LogP contribution is 2.10. The van der Waals surface area contributed by atoms with E-state index in [4.69, 9.17) is 9.15 Å². The van der Waals surface area contributed by atoms with Crippen LogP contribution in [0.15, 0.2) is 28.4 Å². The lowest BCUT2D eigenvalue weighted by atomic mass is 10.2. The lowest BCUT2D eigenvalue weighted by Crippen LogP contribution is -2.37. The molecule has 116 valence electrons. The smallest absolute Gasteiger partial charge is 0.248 e. The first-order chi connectivity index (χ1) is 10.2. The van der Waals surface area contributed by atoms with Crippen molar-refractivity contribution in [2.75, 3.05) is 46.4 Å². The monoisotopic (exact) mass is 292 g/mol. The van der Waals surface area contributed by atoms with E-state index in [9.17, 15) is 4.79 Å². The molecule has 0 N–H and O–H groups in total. The van der Waals surface area contributed by atoms with Gasteiger partial charge < -0.3 is 14.1 Å². The van der Waals surface area contributed by atoms with Crippen molar-refractivity contribution < 1.29 is 13.9 Å². The molecule has 0 unspecified atom stereocenters. The molecule has 1 amide bonds. The van der Waals surface area contributed by atoms with Crippen molar-refractivity contribution >= 4 is 12.0 Å². The molecule has 2 rings (SSSR count). The summed E-state index contributed by atoms with van der Waals surface area (Å²) in [5.74, 6) is 0.974. The van der Waals surface area contributed by atoms with Crippen LogP contribution in [-0.2, 0) is 9.53 Å². The summed E-state index contributed by atoms with van der Waals surface area (Å²) in [7, 11) is 1.56. The summed E-state index contributed by atoms with van der Waals surface area (Å²) >= 11 is 0. The Balaban J connectivity index is 1.84. The van der Waals surface area contributed by atoms with Gasteiger partial charge in [0, 0.05) is 39.8 Å². The van der Waals surface area contributed by atoms with Crippen molar-refractivity contribution in [3.05, 3.63) is 29.7 Å². The lowest BCUT2D eigenvalue weighted by molar-refractivity contribution is -0.135. The quantitative estimate of drug-likeness (QED) is 0.831. The summed E-state index contributed by atoms with van der Waals surface area (Å²) in [5, 5.41) is 0. The zero-order chi connectivity index (χ0) is 15.1. The molecule has 0 radical (unpaired) electrons. The number of furan rings is 1. The van der Waals surface area contributed by atoms with Gasteiger partial charge in [0.15, 0.2) is 0 Å². The van der Waals surface area contributed by atoms with Gasteiger partial charge in [-0.05, 0) is 31.6 Å². The van der Waals surface area contributed by atoms with Gasteiger partial charge in [-0.1, -0.05) is 5.57 Å². The molecule has 1 aliphatic heterocycles. The summed E-state index contributed by atoms with van der Waals surface area (Å²) in [5.41, 5.74) is 1.27. The molecular weight excluding hydrogens is 268 g/mol. The van der Waals surface area contributed by atoms with E-state index in [0.717, 1.165) is 44.9 Å². The number of rotatable bonds is 5. The molecule has 0 aromatic carbocycles. The molecule has 5 nitrogen and oxygen atoms in total. The first-order valence-electron chi connectivity index (χ1n) is 7.39. The Morgan fingerprint density at radius 1 is 1.38 bits per heavy atom. The normalized spacial score (nSPS) is 17.8. The van der Waals surface area contributed by atoms with Crippen LogP contribution in [0.3, 0.4) is 0 Å². The maximum atomic E-state index is 11.8. The van der Waals surface area contributed by atoms with Crippen LogP contribution in [0.25, 0.3) is 6.08 Å². The minimum Gasteiger partial charge on any atom is -0.465 e. The number of carbonyl (C=O) groups is 1. The van der Waals surface area contributed by atoms with E-state index in [0.29, 0.717) is 0 Å². The lowest BCUT2D eigenvalue weighted by Gasteiger charge is -2.22. The fraction of sp³-hybridized carbons (Fsp3) is 0.562. The standard InChI is InChI=1S/C16H24N2O3/c1-14(11-15-5-3-10-21-15)12-17-6-4-7-18(9-8-17)16(19)13-20-2/h3,5,10-11H,4,6-9,12-13H2,1-2H3/b14-11+. The van der Waals surface area contributed by atoms with Crippen LogP contribution in [0.4, 0.5) is 0 Å². The maximum Gasteiger partial charge on any atom is 0.248 e. The molecule has 5 heteroatoms. The summed E-state index contributed by atoms with van der Waals surface area (Å²) in [6.07, 6.45) is 4.76. The molecule has 1 aromatic rings. The SMILES string of the molecule is COCC(=O)N1CCCN(C/C(C)=C/c2ccco2)CC1. The molecule has 1 aliphatic rings. The molecule has 0 aliphatic carbocycles. The van der Waals surface area contributed by atoms with Crippen LogP contribution < -0.4 is 0 Å². The van der Waals surface area contributed by atoms with Crippen LogP contribution in [0, 0.1) is 0 Å². The Hall–Kier alpha value is -1.59. The fourth-order valence-corrected chi connectivity index (χ4v) is 2.61. The van der Waals surface area contributed by atoms with Crippen LogP contribution in [0.2, 0.25) is 0 Å². The number of ether oxygens (including phenoxy) is 1. The number of hydrogen-bond donors (Lipinski definition) is 0. The highest BCUT2D eigenvalue weighted by molar-refractivity contribution is 5.77. The second kappa shape index (κ2) is 8.00. The number of hydrogen-bond acceptors (Lipinski definition) is 4. The molecule has 2 heterocycles. The Morgan fingerprint density at radius 2 is 2.24 bits per heavy atom. The van der Waals surface area contributed by atoms with Gasteiger partial charge in [-0.15, -0.1) is 0 Å². The molecule has 0 atom stereocenters. The van der Waals surface area contributed by atoms with Crippen molar-refractivity contribution in [1.29, 1.82) is 0 Å². The van der Waals surface area contributed by atoms with Crippen LogP contribution in [0.5, 0.6) is 0 Å². The van der Waals surface area contributed by atoms with E-state index >= 15 is 0 Å². The summed E-state index contributed by atoms with van der Waals surface area (Å²) in [6, 6.07) is 3.85. The zero-order valence-corrected chi connectivity index (χ0v) is 12.9. The molecule has 0 spiro atoms. The van der Waals surface area contributed by atoms with Gasteiger partial charge in [0.1, 0.15) is 12.4 Å². The molecule has 0 saturated carbocycles. The molecule has 1 saturated heterocycles. The van der Waals surface area contributed by atoms with Crippen LogP contribution >= 0.6 is 0 Å². The molecule has 0 bridgehead atoms. The van der Waals surface area contributed by atoms with Crippen LogP contribution in [-0.4, -0.2) is 62.1 Å². The predicted octanol–water partition coefficient (Wildman–Crippen LogP) is 1.86. The van der Waals surface area contributed by atoms with Gasteiger partial charge in [-0.25, -0.2) is 0 Å². The van der Waals surface area contributed by atoms with E-state index < -0.39 is 0 Å². The van der Waals surface area contributed by atoms with E-state index in [1.54, 1.807) is 13.4 Å². The van der Waals surface area contributed by atoms with Crippen molar-refractivity contribution in [3.8, 4) is 0 Å². The fourth-order valence-electron chi connectivity index (χ4n) is 2.61. The van der Waals surface area contributed by atoms with Crippen molar-refractivity contribution in [2.24, 2.45) is 0 Å². The van der Waals surface area contributed by atoms with Gasteiger partial charge in [0.25, 0.3) is 0 Å². The van der Waals surface area contributed by atoms with Crippen molar-refractivity contribution in [3.63, 3.8) is 0 Å². The van der Waals surface area contributed by atoms with Crippen LogP contribution in [0.1, 0.15) is 19.1 Å². The van der Waals surface area contributed by atoms with Crippen molar-refractivity contribution in [1.82, 2.24) is 9.80 Å².